The zero-order valence-electron chi connectivity index (χ0n) is 22.0. The lowest BCUT2D eigenvalue weighted by Gasteiger charge is -2.22. The number of nitrogens with zero attached hydrogens (tertiary/aromatic N) is 1. The van der Waals surface area contributed by atoms with Gasteiger partial charge in [0, 0.05) is 0 Å². The molecular weight excluding hydrogens is 362 g/mol. The van der Waals surface area contributed by atoms with Crippen molar-refractivity contribution in [3.63, 3.8) is 0 Å². The van der Waals surface area contributed by atoms with Gasteiger partial charge in [0.2, 0.25) is 0 Å². The average Bonchev–Trinajstić information content (AvgIpc) is 2.73. The molecule has 0 atom stereocenters. The molecule has 0 rings (SSSR count). The Morgan fingerprint density at radius 1 is 0.400 bits per heavy atom. The van der Waals surface area contributed by atoms with Crippen molar-refractivity contribution in [3.05, 3.63) is 0 Å². The summed E-state index contributed by atoms with van der Waals surface area (Å²) in [6.07, 6.45) is 30.3. The molecule has 0 bridgehead atoms. The summed E-state index contributed by atoms with van der Waals surface area (Å²) in [5.41, 5.74) is 0. The van der Waals surface area contributed by atoms with Gasteiger partial charge in [0.05, 0.1) is 0 Å². The van der Waals surface area contributed by atoms with Crippen molar-refractivity contribution < 1.29 is 0 Å². The SMILES string of the molecule is CCCCCCCCCCCN(CCCCCCCCCCC)CCCCC(C)C. The normalized spacial score (nSPS) is 11.8. The summed E-state index contributed by atoms with van der Waals surface area (Å²) in [6.45, 7) is 13.4. The second kappa shape index (κ2) is 25.2. The monoisotopic (exact) mass is 423 g/mol. The van der Waals surface area contributed by atoms with Gasteiger partial charge < -0.3 is 4.90 Å². The van der Waals surface area contributed by atoms with E-state index in [1.54, 1.807) is 0 Å². The smallest absolute Gasteiger partial charge is 0.00187 e. The lowest BCUT2D eigenvalue weighted by molar-refractivity contribution is 0.252. The standard InChI is InChI=1S/C29H61N/c1-5-7-9-11-13-15-17-19-22-26-30(28-24-21-25-29(3)4)27-23-20-18-16-14-12-10-8-6-2/h29H,5-28H2,1-4H3. The highest BCUT2D eigenvalue weighted by atomic mass is 15.1. The molecule has 0 N–H and O–H groups in total. The van der Waals surface area contributed by atoms with Gasteiger partial charge in [0.15, 0.2) is 0 Å². The maximum Gasteiger partial charge on any atom is -0.00187 e. The minimum atomic E-state index is 0.869. The second-order valence-corrected chi connectivity index (χ2v) is 10.4. The molecule has 182 valence electrons. The first-order chi connectivity index (χ1) is 14.7. The van der Waals surface area contributed by atoms with Crippen LogP contribution in [0.4, 0.5) is 0 Å². The highest BCUT2D eigenvalue weighted by Crippen LogP contribution is 2.13. The van der Waals surface area contributed by atoms with E-state index in [-0.39, 0.29) is 0 Å². The molecule has 0 aliphatic carbocycles. The molecule has 0 unspecified atom stereocenters. The lowest BCUT2D eigenvalue weighted by Crippen LogP contribution is -2.27. The second-order valence-electron chi connectivity index (χ2n) is 10.4. The summed E-state index contributed by atoms with van der Waals surface area (Å²) in [7, 11) is 0. The summed E-state index contributed by atoms with van der Waals surface area (Å²) in [4.78, 5) is 2.81. The van der Waals surface area contributed by atoms with Gasteiger partial charge in [0.1, 0.15) is 0 Å². The van der Waals surface area contributed by atoms with E-state index in [0.29, 0.717) is 0 Å². The van der Waals surface area contributed by atoms with E-state index >= 15 is 0 Å². The first-order valence-electron chi connectivity index (χ1n) is 14.4. The molecule has 0 fully saturated rings. The molecule has 0 aromatic carbocycles. The van der Waals surface area contributed by atoms with Crippen LogP contribution in [-0.2, 0) is 0 Å². The van der Waals surface area contributed by atoms with Crippen LogP contribution in [0, 0.1) is 5.92 Å². The molecule has 0 aliphatic rings. The summed E-state index contributed by atoms with van der Waals surface area (Å²) in [5.74, 6) is 0.869. The van der Waals surface area contributed by atoms with Gasteiger partial charge in [-0.15, -0.1) is 0 Å². The number of rotatable bonds is 25. The van der Waals surface area contributed by atoms with Crippen molar-refractivity contribution in [3.8, 4) is 0 Å². The van der Waals surface area contributed by atoms with Crippen LogP contribution in [0.1, 0.15) is 163 Å². The quantitative estimate of drug-likeness (QED) is 0.132. The zero-order valence-corrected chi connectivity index (χ0v) is 22.0. The van der Waals surface area contributed by atoms with Crippen LogP contribution in [0.25, 0.3) is 0 Å². The summed E-state index contributed by atoms with van der Waals surface area (Å²) in [6, 6.07) is 0. The fourth-order valence-corrected chi connectivity index (χ4v) is 4.52. The van der Waals surface area contributed by atoms with E-state index in [1.165, 1.54) is 154 Å². The summed E-state index contributed by atoms with van der Waals surface area (Å²) < 4.78 is 0. The molecule has 0 heterocycles. The number of unbranched alkanes of at least 4 members (excludes halogenated alkanes) is 17. The Morgan fingerprint density at radius 3 is 1.03 bits per heavy atom. The van der Waals surface area contributed by atoms with Crippen molar-refractivity contribution >= 4 is 0 Å². The minimum Gasteiger partial charge on any atom is -0.303 e. The van der Waals surface area contributed by atoms with Gasteiger partial charge in [-0.05, 0) is 44.8 Å². The average molecular weight is 424 g/mol. The third-order valence-electron chi connectivity index (χ3n) is 6.66. The Balaban J connectivity index is 3.77. The molecule has 30 heavy (non-hydrogen) atoms. The molecule has 0 spiro atoms. The fourth-order valence-electron chi connectivity index (χ4n) is 4.52. The van der Waals surface area contributed by atoms with Crippen LogP contribution in [-0.4, -0.2) is 24.5 Å². The van der Waals surface area contributed by atoms with Crippen molar-refractivity contribution in [2.75, 3.05) is 19.6 Å². The molecule has 0 saturated carbocycles. The van der Waals surface area contributed by atoms with Crippen molar-refractivity contribution in [1.29, 1.82) is 0 Å². The van der Waals surface area contributed by atoms with Crippen LogP contribution in [0.5, 0.6) is 0 Å². The van der Waals surface area contributed by atoms with Gasteiger partial charge in [-0.3, -0.25) is 0 Å². The molecule has 0 aromatic rings. The topological polar surface area (TPSA) is 3.24 Å². The Labute approximate surface area is 193 Å². The third kappa shape index (κ3) is 24.2. The Morgan fingerprint density at radius 2 is 0.700 bits per heavy atom. The van der Waals surface area contributed by atoms with E-state index in [0.717, 1.165) is 5.92 Å². The van der Waals surface area contributed by atoms with Gasteiger partial charge in [0.25, 0.3) is 0 Å². The van der Waals surface area contributed by atoms with E-state index in [9.17, 15) is 0 Å². The Bertz CT molecular complexity index is 277. The molecule has 0 aromatic heterocycles. The highest BCUT2D eigenvalue weighted by molar-refractivity contribution is 4.61. The maximum atomic E-state index is 2.81. The Hall–Kier alpha value is -0.0400. The first-order valence-corrected chi connectivity index (χ1v) is 14.4. The summed E-state index contributed by atoms with van der Waals surface area (Å²) >= 11 is 0. The number of hydrogen-bond donors (Lipinski definition) is 0. The highest BCUT2D eigenvalue weighted by Gasteiger charge is 2.05. The van der Waals surface area contributed by atoms with Gasteiger partial charge in [-0.25, -0.2) is 0 Å². The van der Waals surface area contributed by atoms with E-state index in [1.807, 2.05) is 0 Å². The fraction of sp³-hybridized carbons (Fsp3) is 1.00. The molecule has 0 amide bonds. The molecular formula is C29H61N. The molecule has 0 saturated heterocycles. The number of hydrogen-bond acceptors (Lipinski definition) is 1. The Kier molecular flexibility index (Phi) is 25.2. The van der Waals surface area contributed by atoms with Crippen molar-refractivity contribution in [2.24, 2.45) is 5.92 Å². The van der Waals surface area contributed by atoms with Crippen molar-refractivity contribution in [1.82, 2.24) is 4.90 Å². The van der Waals surface area contributed by atoms with Crippen LogP contribution < -0.4 is 0 Å². The minimum absolute atomic E-state index is 0.869. The van der Waals surface area contributed by atoms with Gasteiger partial charge >= 0.3 is 0 Å². The van der Waals surface area contributed by atoms with Gasteiger partial charge in [-0.2, -0.15) is 0 Å². The lowest BCUT2D eigenvalue weighted by atomic mass is 10.1. The predicted molar refractivity (Wildman–Crippen MR) is 140 cm³/mol. The van der Waals surface area contributed by atoms with E-state index < -0.39 is 0 Å². The van der Waals surface area contributed by atoms with Crippen molar-refractivity contribution in [2.45, 2.75) is 163 Å². The van der Waals surface area contributed by atoms with E-state index in [2.05, 4.69) is 32.6 Å². The van der Waals surface area contributed by atoms with Gasteiger partial charge in [-0.1, -0.05) is 143 Å². The largest absolute Gasteiger partial charge is 0.303 e. The molecule has 0 aliphatic heterocycles. The molecule has 1 heteroatoms. The van der Waals surface area contributed by atoms with Crippen LogP contribution >= 0.6 is 0 Å². The van der Waals surface area contributed by atoms with E-state index in [4.69, 9.17) is 0 Å². The predicted octanol–water partition coefficient (Wildman–Crippen LogP) is 10.2. The molecule has 1 nitrogen and oxygen atoms in total. The first kappa shape index (κ1) is 30.0. The van der Waals surface area contributed by atoms with Crippen LogP contribution in [0.2, 0.25) is 0 Å². The maximum absolute atomic E-state index is 2.81. The zero-order chi connectivity index (χ0) is 22.1. The van der Waals surface area contributed by atoms with Crippen LogP contribution in [0.15, 0.2) is 0 Å². The third-order valence-corrected chi connectivity index (χ3v) is 6.66. The summed E-state index contributed by atoms with van der Waals surface area (Å²) in [5, 5.41) is 0. The molecule has 0 radical (unpaired) electrons. The van der Waals surface area contributed by atoms with Crippen LogP contribution in [0.3, 0.4) is 0 Å².